The van der Waals surface area contributed by atoms with Gasteiger partial charge in [0.1, 0.15) is 11.5 Å². The van der Waals surface area contributed by atoms with Crippen LogP contribution in [0.2, 0.25) is 0 Å². The normalized spacial score (nSPS) is 10.8. The van der Waals surface area contributed by atoms with Gasteiger partial charge in [-0.05, 0) is 35.4 Å². The fourth-order valence-corrected chi connectivity index (χ4v) is 1.92. The van der Waals surface area contributed by atoms with Crippen LogP contribution in [-0.4, -0.2) is 29.1 Å². The summed E-state index contributed by atoms with van der Waals surface area (Å²) in [6, 6.07) is 14.4. The molecule has 0 fully saturated rings. The van der Waals surface area contributed by atoms with Crippen LogP contribution in [0.25, 0.3) is 0 Å². The second kappa shape index (κ2) is 5.52. The first-order valence-corrected chi connectivity index (χ1v) is 5.59. The monoisotopic (exact) mass is 235 g/mol. The zero-order valence-corrected chi connectivity index (χ0v) is 11.0. The van der Waals surface area contributed by atoms with Gasteiger partial charge in [0.15, 0.2) is 0 Å². The summed E-state index contributed by atoms with van der Waals surface area (Å²) in [5.74, 6) is 0.547. The van der Waals surface area contributed by atoms with Crippen LogP contribution in [0.4, 0.5) is 0 Å². The maximum absolute atomic E-state index is 9.30. The molecule has 0 spiro atoms. The largest absolute Gasteiger partial charge is 0.508 e. The van der Waals surface area contributed by atoms with Crippen LogP contribution in [0.15, 0.2) is 48.5 Å². The van der Waals surface area contributed by atoms with E-state index in [1.54, 1.807) is 24.3 Å². The Morgan fingerprint density at radius 2 is 0.944 bits per heavy atom. The van der Waals surface area contributed by atoms with E-state index >= 15 is 0 Å². The zero-order chi connectivity index (χ0) is 12.5. The molecule has 0 saturated carbocycles. The van der Waals surface area contributed by atoms with E-state index in [1.165, 1.54) is 0 Å². The van der Waals surface area contributed by atoms with Crippen molar-refractivity contribution in [3.05, 3.63) is 59.7 Å². The first-order valence-electron chi connectivity index (χ1n) is 5.59. The van der Waals surface area contributed by atoms with Crippen molar-refractivity contribution in [2.24, 2.45) is 0 Å². The quantitative estimate of drug-likeness (QED) is 0.785. The van der Waals surface area contributed by atoms with Crippen molar-refractivity contribution >= 4 is 18.9 Å². The Balaban J connectivity index is 0.00000162. The molecule has 2 N–H and O–H groups in total. The fraction of sp³-hybridized carbons (Fsp3) is 0.200. The predicted octanol–water partition coefficient (Wildman–Crippen LogP) is 3.04. The molecule has 2 nitrogen and oxygen atoms in total. The van der Waals surface area contributed by atoms with Crippen LogP contribution in [-0.2, 0) is 5.41 Å². The SMILES string of the molecule is CC(C)(c1ccc(O)cc1)c1ccc(O)cc1.[Li]. The first kappa shape index (κ1) is 14.7. The molecule has 3 heteroatoms. The number of benzene rings is 2. The fourth-order valence-electron chi connectivity index (χ4n) is 1.92. The van der Waals surface area contributed by atoms with Crippen molar-refractivity contribution in [1.82, 2.24) is 0 Å². The van der Waals surface area contributed by atoms with Crippen LogP contribution < -0.4 is 0 Å². The average Bonchev–Trinajstić information content (AvgIpc) is 2.30. The van der Waals surface area contributed by atoms with E-state index in [-0.39, 0.29) is 35.8 Å². The number of rotatable bonds is 2. The van der Waals surface area contributed by atoms with Crippen LogP contribution in [0.5, 0.6) is 11.5 Å². The molecular formula is C15H16LiO2. The molecule has 0 saturated heterocycles. The maximum Gasteiger partial charge on any atom is 0.115 e. The molecule has 18 heavy (non-hydrogen) atoms. The van der Waals surface area contributed by atoms with Gasteiger partial charge in [0.05, 0.1) is 0 Å². The Hall–Kier alpha value is -1.36. The maximum atomic E-state index is 9.30. The Labute approximate surface area is 119 Å². The van der Waals surface area contributed by atoms with Gasteiger partial charge < -0.3 is 10.2 Å². The van der Waals surface area contributed by atoms with Crippen molar-refractivity contribution in [2.45, 2.75) is 19.3 Å². The molecule has 1 radical (unpaired) electrons. The van der Waals surface area contributed by atoms with Crippen LogP contribution >= 0.6 is 0 Å². The average molecular weight is 235 g/mol. The van der Waals surface area contributed by atoms with E-state index in [9.17, 15) is 10.2 Å². The minimum Gasteiger partial charge on any atom is -0.508 e. The first-order chi connectivity index (χ1) is 8.00. The molecule has 2 rings (SSSR count). The van der Waals surface area contributed by atoms with Gasteiger partial charge in [-0.25, -0.2) is 0 Å². The third-order valence-electron chi connectivity index (χ3n) is 3.18. The molecule has 0 aliphatic rings. The molecule has 2 aromatic carbocycles. The number of phenolic OH excluding ortho intramolecular Hbond substituents is 2. The van der Waals surface area contributed by atoms with E-state index in [1.807, 2.05) is 24.3 Å². The molecule has 89 valence electrons. The van der Waals surface area contributed by atoms with Gasteiger partial charge in [-0.2, -0.15) is 0 Å². The topological polar surface area (TPSA) is 40.5 Å². The molecule has 0 aliphatic carbocycles. The molecule has 0 atom stereocenters. The predicted molar refractivity (Wildman–Crippen MR) is 74.1 cm³/mol. The van der Waals surface area contributed by atoms with Gasteiger partial charge in [0.25, 0.3) is 0 Å². The summed E-state index contributed by atoms with van der Waals surface area (Å²) in [7, 11) is 0. The molecule has 0 unspecified atom stereocenters. The second-order valence-corrected chi connectivity index (χ2v) is 4.72. The summed E-state index contributed by atoms with van der Waals surface area (Å²) in [6.07, 6.45) is 0. The van der Waals surface area contributed by atoms with E-state index < -0.39 is 0 Å². The molecule has 2 aromatic rings. The second-order valence-electron chi connectivity index (χ2n) is 4.72. The molecule has 0 amide bonds. The molecule has 0 heterocycles. The summed E-state index contributed by atoms with van der Waals surface area (Å²) in [4.78, 5) is 0. The van der Waals surface area contributed by atoms with Crippen LogP contribution in [0, 0.1) is 0 Å². The standard InChI is InChI=1S/C15H16O2.Li/c1-15(2,11-3-7-13(16)8-4-11)12-5-9-14(17)10-6-12;/h3-10,16-17H,1-2H3;. The van der Waals surface area contributed by atoms with Gasteiger partial charge in [-0.15, -0.1) is 0 Å². The molecule has 0 bridgehead atoms. The van der Waals surface area contributed by atoms with Crippen molar-refractivity contribution in [3.63, 3.8) is 0 Å². The third-order valence-corrected chi connectivity index (χ3v) is 3.18. The zero-order valence-electron chi connectivity index (χ0n) is 11.0. The van der Waals surface area contributed by atoms with E-state index in [0.29, 0.717) is 0 Å². The van der Waals surface area contributed by atoms with Crippen molar-refractivity contribution in [2.75, 3.05) is 0 Å². The Morgan fingerprint density at radius 1 is 0.667 bits per heavy atom. The summed E-state index contributed by atoms with van der Waals surface area (Å²) >= 11 is 0. The smallest absolute Gasteiger partial charge is 0.115 e. The molecule has 0 aliphatic heterocycles. The summed E-state index contributed by atoms with van der Waals surface area (Å²) in [5, 5.41) is 18.6. The van der Waals surface area contributed by atoms with Crippen molar-refractivity contribution in [1.29, 1.82) is 0 Å². The Bertz CT molecular complexity index is 454. The number of hydrogen-bond acceptors (Lipinski definition) is 2. The van der Waals surface area contributed by atoms with Gasteiger partial charge in [0, 0.05) is 24.3 Å². The minimum absolute atomic E-state index is 0. The van der Waals surface area contributed by atoms with E-state index in [0.717, 1.165) is 11.1 Å². The Morgan fingerprint density at radius 3 is 1.22 bits per heavy atom. The third kappa shape index (κ3) is 2.90. The van der Waals surface area contributed by atoms with Crippen LogP contribution in [0.1, 0.15) is 25.0 Å². The molecule has 0 aromatic heterocycles. The summed E-state index contributed by atoms with van der Waals surface area (Å²) in [6.45, 7) is 4.23. The van der Waals surface area contributed by atoms with Crippen molar-refractivity contribution < 1.29 is 10.2 Å². The van der Waals surface area contributed by atoms with Gasteiger partial charge in [-0.1, -0.05) is 38.1 Å². The number of phenols is 2. The summed E-state index contributed by atoms with van der Waals surface area (Å²) < 4.78 is 0. The Kier molecular flexibility index (Phi) is 4.51. The summed E-state index contributed by atoms with van der Waals surface area (Å²) in [5.41, 5.74) is 2.10. The van der Waals surface area contributed by atoms with Gasteiger partial charge >= 0.3 is 0 Å². The number of hydrogen-bond donors (Lipinski definition) is 2. The van der Waals surface area contributed by atoms with Gasteiger partial charge in [0.2, 0.25) is 0 Å². The minimum atomic E-state index is -0.151. The van der Waals surface area contributed by atoms with Crippen molar-refractivity contribution in [3.8, 4) is 11.5 Å². The van der Waals surface area contributed by atoms with Crippen LogP contribution in [0.3, 0.4) is 0 Å². The van der Waals surface area contributed by atoms with E-state index in [4.69, 9.17) is 0 Å². The molecular weight excluding hydrogens is 219 g/mol. The number of aromatic hydroxyl groups is 2. The van der Waals surface area contributed by atoms with Gasteiger partial charge in [-0.3, -0.25) is 0 Å². The van der Waals surface area contributed by atoms with E-state index in [2.05, 4.69) is 13.8 Å².